The van der Waals surface area contributed by atoms with Crippen molar-refractivity contribution < 1.29 is 19.1 Å². The summed E-state index contributed by atoms with van der Waals surface area (Å²) in [6, 6.07) is 0.571. The van der Waals surface area contributed by atoms with Crippen molar-refractivity contribution in [1.82, 2.24) is 24.7 Å². The maximum atomic E-state index is 13.5. The maximum absolute atomic E-state index is 13.5. The van der Waals surface area contributed by atoms with Gasteiger partial charge in [0.05, 0.1) is 29.2 Å². The molecular formula is C36H55N5O4. The fourth-order valence-corrected chi connectivity index (χ4v) is 9.59. The summed E-state index contributed by atoms with van der Waals surface area (Å²) in [5.41, 5.74) is 1.92. The summed E-state index contributed by atoms with van der Waals surface area (Å²) >= 11 is 0. The summed E-state index contributed by atoms with van der Waals surface area (Å²) in [7, 11) is 0. The molecule has 248 valence electrons. The Balaban J connectivity index is 0.914. The number of nitrogens with zero attached hydrogens (tertiary/aromatic N) is 5. The summed E-state index contributed by atoms with van der Waals surface area (Å²) in [6.45, 7) is 11.5. The number of likely N-dealkylation sites (tertiary alicyclic amines) is 2. The van der Waals surface area contributed by atoms with E-state index in [9.17, 15) is 9.59 Å². The zero-order valence-electron chi connectivity index (χ0n) is 27.9. The number of unbranched alkanes of at least 4 members (excludes halogenated alkanes) is 1. The minimum absolute atomic E-state index is 0.0676. The number of piperidine rings is 1. The molecule has 1 aromatic heterocycles. The lowest BCUT2D eigenvalue weighted by Crippen LogP contribution is -2.61. The number of aromatic nitrogens is 2. The first-order chi connectivity index (χ1) is 21.8. The summed E-state index contributed by atoms with van der Waals surface area (Å²) in [5, 5.41) is 0. The van der Waals surface area contributed by atoms with Gasteiger partial charge in [-0.1, -0.05) is 19.8 Å². The predicted octanol–water partition coefficient (Wildman–Crippen LogP) is 5.78. The summed E-state index contributed by atoms with van der Waals surface area (Å²) < 4.78 is 12.7. The monoisotopic (exact) mass is 621 g/mol. The van der Waals surface area contributed by atoms with Crippen molar-refractivity contribution in [3.8, 4) is 0 Å². The molecule has 3 saturated carbocycles. The average Bonchev–Trinajstić information content (AvgIpc) is 3.62. The number of hydrogen-bond acceptors (Lipinski definition) is 7. The predicted molar refractivity (Wildman–Crippen MR) is 172 cm³/mol. The Morgan fingerprint density at radius 3 is 2.18 bits per heavy atom. The van der Waals surface area contributed by atoms with Crippen LogP contribution in [0.25, 0.3) is 0 Å². The SMILES string of the molecule is CCCC[C@H]1CN(CC2CCC(OC3CC3)CC2)C(=O)OC12CCN(C1C[C@@H]3CN(C(=O)c4c(C)ncnc4C)C[C@@H]3C1)CC2. The van der Waals surface area contributed by atoms with E-state index in [4.69, 9.17) is 9.47 Å². The molecule has 0 bridgehead atoms. The highest BCUT2D eigenvalue weighted by molar-refractivity contribution is 5.96. The van der Waals surface area contributed by atoms with E-state index in [1.165, 1.54) is 25.7 Å². The Bertz CT molecular complexity index is 1190. The fraction of sp³-hybridized carbons (Fsp3) is 0.833. The number of hydrogen-bond donors (Lipinski definition) is 0. The van der Waals surface area contributed by atoms with Crippen LogP contribution in [-0.2, 0) is 9.47 Å². The van der Waals surface area contributed by atoms with Gasteiger partial charge in [0, 0.05) is 64.1 Å². The fourth-order valence-electron chi connectivity index (χ4n) is 9.59. The third-order valence-corrected chi connectivity index (χ3v) is 12.4. The number of rotatable bonds is 9. The largest absolute Gasteiger partial charge is 0.442 e. The molecule has 0 radical (unpaired) electrons. The molecule has 4 atom stereocenters. The normalized spacial score (nSPS) is 33.4. The third-order valence-electron chi connectivity index (χ3n) is 12.4. The zero-order valence-corrected chi connectivity index (χ0v) is 27.9. The van der Waals surface area contributed by atoms with Gasteiger partial charge in [-0.15, -0.1) is 0 Å². The molecule has 6 fully saturated rings. The molecule has 9 nitrogen and oxygen atoms in total. The molecule has 3 saturated heterocycles. The number of carbonyl (C=O) groups excluding carboxylic acids is 2. The van der Waals surface area contributed by atoms with Crippen LogP contribution in [0, 0.1) is 37.5 Å². The second-order valence-electron chi connectivity index (χ2n) is 15.5. The highest BCUT2D eigenvalue weighted by Crippen LogP contribution is 2.45. The van der Waals surface area contributed by atoms with E-state index in [1.807, 2.05) is 13.8 Å². The number of amides is 2. The van der Waals surface area contributed by atoms with Crippen LogP contribution >= 0.6 is 0 Å². The van der Waals surface area contributed by atoms with Crippen molar-refractivity contribution in [2.24, 2.45) is 23.7 Å². The minimum atomic E-state index is -0.305. The van der Waals surface area contributed by atoms with Gasteiger partial charge in [0.25, 0.3) is 5.91 Å². The van der Waals surface area contributed by atoms with Crippen molar-refractivity contribution in [3.05, 3.63) is 23.3 Å². The maximum Gasteiger partial charge on any atom is 0.410 e. The second kappa shape index (κ2) is 13.1. The molecule has 3 aliphatic heterocycles. The average molecular weight is 622 g/mol. The van der Waals surface area contributed by atoms with Crippen LogP contribution in [0.5, 0.6) is 0 Å². The molecule has 9 heteroatoms. The third kappa shape index (κ3) is 6.63. The van der Waals surface area contributed by atoms with Gasteiger partial charge in [-0.05, 0) is 89.4 Å². The molecule has 1 unspecified atom stereocenters. The van der Waals surface area contributed by atoms with Gasteiger partial charge in [0.1, 0.15) is 11.9 Å². The molecule has 3 aliphatic carbocycles. The number of ether oxygens (including phenoxy) is 2. The summed E-state index contributed by atoms with van der Waals surface area (Å²) in [4.78, 5) is 42.2. The second-order valence-corrected chi connectivity index (χ2v) is 15.5. The molecular weight excluding hydrogens is 566 g/mol. The smallest absolute Gasteiger partial charge is 0.410 e. The zero-order chi connectivity index (χ0) is 31.1. The van der Waals surface area contributed by atoms with Crippen molar-refractivity contribution in [2.45, 2.75) is 128 Å². The highest BCUT2D eigenvalue weighted by Gasteiger charge is 2.52. The van der Waals surface area contributed by atoms with E-state index in [0.29, 0.717) is 47.5 Å². The molecule has 7 rings (SSSR count). The minimum Gasteiger partial charge on any atom is -0.442 e. The Hall–Kier alpha value is -2.26. The molecule has 4 heterocycles. The molecule has 1 spiro atoms. The van der Waals surface area contributed by atoms with Gasteiger partial charge in [-0.2, -0.15) is 0 Å². The highest BCUT2D eigenvalue weighted by atomic mass is 16.6. The number of aryl methyl sites for hydroxylation is 2. The van der Waals surface area contributed by atoms with Crippen LogP contribution in [0.3, 0.4) is 0 Å². The Kier molecular flexibility index (Phi) is 9.12. The quantitative estimate of drug-likeness (QED) is 0.346. The van der Waals surface area contributed by atoms with Crippen LogP contribution in [-0.4, -0.2) is 99.8 Å². The summed E-state index contributed by atoms with van der Waals surface area (Å²) in [5.74, 6) is 2.21. The van der Waals surface area contributed by atoms with Crippen LogP contribution in [0.15, 0.2) is 6.33 Å². The molecule has 1 aromatic rings. The number of carbonyl (C=O) groups is 2. The van der Waals surface area contributed by atoms with E-state index in [2.05, 4.69) is 31.6 Å². The van der Waals surface area contributed by atoms with Gasteiger partial charge >= 0.3 is 6.09 Å². The first-order valence-electron chi connectivity index (χ1n) is 18.3. The van der Waals surface area contributed by atoms with Crippen molar-refractivity contribution in [1.29, 1.82) is 0 Å². The molecule has 6 aliphatic rings. The first-order valence-corrected chi connectivity index (χ1v) is 18.3. The van der Waals surface area contributed by atoms with Gasteiger partial charge < -0.3 is 24.2 Å². The van der Waals surface area contributed by atoms with E-state index in [0.717, 1.165) is 108 Å². The van der Waals surface area contributed by atoms with Gasteiger partial charge in [0.2, 0.25) is 0 Å². The van der Waals surface area contributed by atoms with E-state index < -0.39 is 0 Å². The lowest BCUT2D eigenvalue weighted by atomic mass is 9.75. The Morgan fingerprint density at radius 2 is 1.58 bits per heavy atom. The van der Waals surface area contributed by atoms with E-state index in [-0.39, 0.29) is 17.6 Å². The Labute approximate surface area is 269 Å². The van der Waals surface area contributed by atoms with E-state index >= 15 is 0 Å². The van der Waals surface area contributed by atoms with Crippen molar-refractivity contribution in [3.63, 3.8) is 0 Å². The standard InChI is InChI=1S/C36H55N5O4/c1-4-5-6-29-22-41(19-26-7-9-31(10-8-26)44-32-11-12-32)35(43)45-36(29)13-15-39(16-14-36)30-17-27-20-40(21-28(27)18-30)34(42)33-24(2)37-23-38-25(33)3/h23,26-32H,4-22H2,1-3H3/t26?,27-,28+,29-,30?,31?/m0/s1. The lowest BCUT2D eigenvalue weighted by molar-refractivity contribution is -0.126. The molecule has 45 heavy (non-hydrogen) atoms. The van der Waals surface area contributed by atoms with Gasteiger partial charge in [-0.3, -0.25) is 4.79 Å². The van der Waals surface area contributed by atoms with Gasteiger partial charge in [-0.25, -0.2) is 14.8 Å². The van der Waals surface area contributed by atoms with Gasteiger partial charge in [0.15, 0.2) is 0 Å². The first kappa shape index (κ1) is 31.3. The van der Waals surface area contributed by atoms with Crippen molar-refractivity contribution in [2.75, 3.05) is 39.3 Å². The molecule has 0 aromatic carbocycles. The Morgan fingerprint density at radius 1 is 0.956 bits per heavy atom. The molecule has 0 N–H and O–H groups in total. The van der Waals surface area contributed by atoms with Crippen molar-refractivity contribution >= 4 is 12.0 Å². The van der Waals surface area contributed by atoms with Crippen LogP contribution in [0.4, 0.5) is 4.79 Å². The van der Waals surface area contributed by atoms with Crippen LogP contribution in [0.2, 0.25) is 0 Å². The number of fused-ring (bicyclic) bond motifs is 1. The topological polar surface area (TPSA) is 88.1 Å². The van der Waals surface area contributed by atoms with E-state index in [1.54, 1.807) is 6.33 Å². The van der Waals surface area contributed by atoms with Crippen LogP contribution in [0.1, 0.15) is 112 Å². The molecule has 2 amide bonds. The summed E-state index contributed by atoms with van der Waals surface area (Å²) in [6.07, 6.45) is 17.3. The lowest BCUT2D eigenvalue weighted by Gasteiger charge is -2.52. The van der Waals surface area contributed by atoms with Crippen LogP contribution < -0.4 is 0 Å².